The summed E-state index contributed by atoms with van der Waals surface area (Å²) in [6, 6.07) is 6.21. The average Bonchev–Trinajstić information content (AvgIpc) is 2.59. The lowest BCUT2D eigenvalue weighted by molar-refractivity contribution is -0.384. The maximum absolute atomic E-state index is 12.7. The van der Waals surface area contributed by atoms with E-state index in [1.807, 2.05) is 0 Å². The number of rotatable bonds is 7. The number of benzene rings is 2. The highest BCUT2D eigenvalue weighted by Crippen LogP contribution is 2.38. The molecule has 156 valence electrons. The lowest BCUT2D eigenvalue weighted by atomic mass is 9.75. The molecular weight excluding hydrogens is 400 g/mol. The molecule has 2 rings (SSSR count). The van der Waals surface area contributed by atoms with Gasteiger partial charge in [0.05, 0.1) is 4.92 Å². The van der Waals surface area contributed by atoms with Crippen molar-refractivity contribution in [3.8, 4) is 5.75 Å². The van der Waals surface area contributed by atoms with Gasteiger partial charge >= 0.3 is 16.1 Å². The van der Waals surface area contributed by atoms with E-state index < -0.39 is 32.5 Å². The number of carbonyl (C=O) groups is 1. The van der Waals surface area contributed by atoms with E-state index in [0.29, 0.717) is 16.7 Å². The topological polar surface area (TPSA) is 150 Å². The van der Waals surface area contributed by atoms with E-state index in [4.69, 9.17) is 9.92 Å². The molecule has 0 radical (unpaired) electrons. The van der Waals surface area contributed by atoms with E-state index in [-0.39, 0.29) is 16.3 Å². The Kier molecular flexibility index (Phi) is 6.00. The molecule has 0 amide bonds. The standard InChI is InChI=1S/C19H22N2O7S/c1-11-9-12(2)16(19(3,4)17(20)18(22)23)15(10-11)28-29(26,27)14-7-5-13(6-8-14)21(24)25/h5-10,17H,20H2,1-4H3,(H,22,23). The molecule has 1 unspecified atom stereocenters. The zero-order valence-corrected chi connectivity index (χ0v) is 17.2. The summed E-state index contributed by atoms with van der Waals surface area (Å²) in [6.07, 6.45) is 0. The molecule has 3 N–H and O–H groups in total. The van der Waals surface area contributed by atoms with Gasteiger partial charge in [-0.2, -0.15) is 8.42 Å². The molecular formula is C19H22N2O7S. The van der Waals surface area contributed by atoms with E-state index in [0.717, 1.165) is 24.3 Å². The smallest absolute Gasteiger partial charge is 0.339 e. The Morgan fingerprint density at radius 3 is 2.24 bits per heavy atom. The monoisotopic (exact) mass is 422 g/mol. The molecule has 0 bridgehead atoms. The lowest BCUT2D eigenvalue weighted by Crippen LogP contribution is -2.47. The number of aryl methyl sites for hydroxylation is 2. The summed E-state index contributed by atoms with van der Waals surface area (Å²) in [4.78, 5) is 21.3. The zero-order chi connectivity index (χ0) is 22.1. The van der Waals surface area contributed by atoms with Crippen LogP contribution in [0.1, 0.15) is 30.5 Å². The van der Waals surface area contributed by atoms with E-state index in [1.54, 1.807) is 33.8 Å². The second kappa shape index (κ2) is 7.80. The Balaban J connectivity index is 2.57. The van der Waals surface area contributed by atoms with Gasteiger partial charge in [0.25, 0.3) is 5.69 Å². The fourth-order valence-electron chi connectivity index (χ4n) is 3.19. The van der Waals surface area contributed by atoms with Gasteiger partial charge in [-0.15, -0.1) is 0 Å². The molecule has 9 nitrogen and oxygen atoms in total. The normalized spacial score (nSPS) is 13.0. The first-order valence-corrected chi connectivity index (χ1v) is 9.97. The number of carboxylic acid groups (broad SMARTS) is 1. The molecule has 0 aliphatic heterocycles. The lowest BCUT2D eigenvalue weighted by Gasteiger charge is -2.32. The average molecular weight is 422 g/mol. The van der Waals surface area contributed by atoms with Crippen LogP contribution in [-0.2, 0) is 20.3 Å². The minimum Gasteiger partial charge on any atom is -0.480 e. The first-order valence-electron chi connectivity index (χ1n) is 8.56. The van der Waals surface area contributed by atoms with Gasteiger partial charge in [0, 0.05) is 23.1 Å². The molecule has 0 aliphatic carbocycles. The highest BCUT2D eigenvalue weighted by atomic mass is 32.2. The first kappa shape index (κ1) is 22.3. The SMILES string of the molecule is Cc1cc(C)c(C(C)(C)C(N)C(=O)O)c(OS(=O)(=O)c2ccc([N+](=O)[O-])cc2)c1. The van der Waals surface area contributed by atoms with Crippen LogP contribution in [0.4, 0.5) is 5.69 Å². The highest BCUT2D eigenvalue weighted by molar-refractivity contribution is 7.87. The van der Waals surface area contributed by atoms with Crippen LogP contribution in [0, 0.1) is 24.0 Å². The van der Waals surface area contributed by atoms with Gasteiger partial charge in [-0.05, 0) is 43.2 Å². The van der Waals surface area contributed by atoms with Gasteiger partial charge < -0.3 is 15.0 Å². The van der Waals surface area contributed by atoms with Crippen LogP contribution in [0.25, 0.3) is 0 Å². The largest absolute Gasteiger partial charge is 0.480 e. The van der Waals surface area contributed by atoms with Gasteiger partial charge in [-0.25, -0.2) is 0 Å². The van der Waals surface area contributed by atoms with E-state index >= 15 is 0 Å². The van der Waals surface area contributed by atoms with Crippen LogP contribution in [-0.4, -0.2) is 30.5 Å². The maximum Gasteiger partial charge on any atom is 0.339 e. The van der Waals surface area contributed by atoms with Gasteiger partial charge in [-0.1, -0.05) is 19.9 Å². The molecule has 0 saturated carbocycles. The third kappa shape index (κ3) is 4.54. The molecule has 29 heavy (non-hydrogen) atoms. The van der Waals surface area contributed by atoms with Crippen LogP contribution >= 0.6 is 0 Å². The third-order valence-corrected chi connectivity index (χ3v) is 5.92. The molecule has 10 heteroatoms. The second-order valence-electron chi connectivity index (χ2n) is 7.28. The number of carboxylic acids is 1. The fourth-order valence-corrected chi connectivity index (χ4v) is 4.12. The first-order chi connectivity index (χ1) is 13.3. The molecule has 2 aromatic carbocycles. The molecule has 0 heterocycles. The summed E-state index contributed by atoms with van der Waals surface area (Å²) in [5.74, 6) is -1.28. The van der Waals surface area contributed by atoms with Crippen molar-refractivity contribution in [3.63, 3.8) is 0 Å². The van der Waals surface area contributed by atoms with Gasteiger partial charge in [0.2, 0.25) is 0 Å². The number of hydrogen-bond donors (Lipinski definition) is 2. The summed E-state index contributed by atoms with van der Waals surface area (Å²) in [5, 5.41) is 20.1. The number of non-ortho nitro benzene ring substituents is 1. The minimum absolute atomic E-state index is 0.0393. The number of nitro groups is 1. The number of aliphatic carboxylic acids is 1. The Labute approximate surface area is 168 Å². The third-order valence-electron chi connectivity index (χ3n) is 4.67. The van der Waals surface area contributed by atoms with Gasteiger partial charge in [0.15, 0.2) is 0 Å². The maximum atomic E-state index is 12.7. The van der Waals surface area contributed by atoms with E-state index in [9.17, 15) is 28.4 Å². The molecule has 0 fully saturated rings. The number of nitro benzene ring substituents is 1. The summed E-state index contributed by atoms with van der Waals surface area (Å²) in [5.41, 5.74) is 6.13. The Morgan fingerprint density at radius 1 is 1.21 bits per heavy atom. The van der Waals surface area contributed by atoms with Crippen LogP contribution in [0.5, 0.6) is 5.75 Å². The number of hydrogen-bond acceptors (Lipinski definition) is 7. The van der Waals surface area contributed by atoms with Crippen molar-refractivity contribution >= 4 is 21.8 Å². The molecule has 0 aromatic heterocycles. The molecule has 2 aromatic rings. The summed E-state index contributed by atoms with van der Waals surface area (Å²) in [7, 11) is -4.33. The van der Waals surface area contributed by atoms with Crippen molar-refractivity contribution in [2.75, 3.05) is 0 Å². The quantitative estimate of drug-likeness (QED) is 0.393. The summed E-state index contributed by atoms with van der Waals surface area (Å²) >= 11 is 0. The van der Waals surface area contributed by atoms with Crippen molar-refractivity contribution in [2.24, 2.45) is 5.73 Å². The zero-order valence-electron chi connectivity index (χ0n) is 16.4. The van der Waals surface area contributed by atoms with E-state index in [1.165, 1.54) is 6.07 Å². The number of nitrogens with zero attached hydrogens (tertiary/aromatic N) is 1. The van der Waals surface area contributed by atoms with Crippen molar-refractivity contribution in [2.45, 2.75) is 44.0 Å². The predicted octanol–water partition coefficient (Wildman–Crippen LogP) is 2.67. The van der Waals surface area contributed by atoms with E-state index in [2.05, 4.69) is 0 Å². The molecule has 0 aliphatic rings. The van der Waals surface area contributed by atoms with Crippen molar-refractivity contribution < 1.29 is 27.4 Å². The Morgan fingerprint density at radius 2 is 1.76 bits per heavy atom. The molecule has 0 spiro atoms. The van der Waals surface area contributed by atoms with Crippen molar-refractivity contribution in [1.82, 2.24) is 0 Å². The van der Waals surface area contributed by atoms with Crippen LogP contribution in [0.2, 0.25) is 0 Å². The minimum atomic E-state index is -4.33. The summed E-state index contributed by atoms with van der Waals surface area (Å²) < 4.78 is 30.8. The summed E-state index contributed by atoms with van der Waals surface area (Å²) in [6.45, 7) is 6.64. The Hall–Kier alpha value is -2.98. The molecule has 0 saturated heterocycles. The van der Waals surface area contributed by atoms with Crippen LogP contribution in [0.15, 0.2) is 41.3 Å². The van der Waals surface area contributed by atoms with Crippen LogP contribution < -0.4 is 9.92 Å². The highest BCUT2D eigenvalue weighted by Gasteiger charge is 2.38. The van der Waals surface area contributed by atoms with Crippen molar-refractivity contribution in [3.05, 3.63) is 63.2 Å². The Bertz CT molecular complexity index is 1060. The van der Waals surface area contributed by atoms with Gasteiger partial charge in [0.1, 0.15) is 16.7 Å². The van der Waals surface area contributed by atoms with Crippen LogP contribution in [0.3, 0.4) is 0 Å². The fraction of sp³-hybridized carbons (Fsp3) is 0.316. The number of nitrogens with two attached hydrogens (primary N) is 1. The molecule has 1 atom stereocenters. The van der Waals surface area contributed by atoms with Crippen molar-refractivity contribution in [1.29, 1.82) is 0 Å². The van der Waals surface area contributed by atoms with Gasteiger partial charge in [-0.3, -0.25) is 14.9 Å². The second-order valence-corrected chi connectivity index (χ2v) is 8.83. The predicted molar refractivity (Wildman–Crippen MR) is 105 cm³/mol.